The van der Waals surface area contributed by atoms with Gasteiger partial charge in [-0.25, -0.2) is 0 Å². The fourth-order valence-corrected chi connectivity index (χ4v) is 2.38. The summed E-state index contributed by atoms with van der Waals surface area (Å²) in [6.45, 7) is 3.96. The van der Waals surface area contributed by atoms with Crippen molar-refractivity contribution in [1.82, 2.24) is 5.32 Å². The van der Waals surface area contributed by atoms with Gasteiger partial charge >= 0.3 is 5.97 Å². The van der Waals surface area contributed by atoms with Gasteiger partial charge < -0.3 is 20.8 Å². The SMILES string of the molecule is C=CCNC(CC(=O)O)C(O)c1ccc2c(c1)CC(=O)N2. The number of hydrogen-bond donors (Lipinski definition) is 4. The predicted molar refractivity (Wildman–Crippen MR) is 78.0 cm³/mol. The Morgan fingerprint density at radius 3 is 2.95 bits per heavy atom. The molecule has 112 valence electrons. The van der Waals surface area contributed by atoms with Gasteiger partial charge in [0.2, 0.25) is 5.91 Å². The molecule has 0 saturated heterocycles. The summed E-state index contributed by atoms with van der Waals surface area (Å²) in [5.74, 6) is -1.07. The van der Waals surface area contributed by atoms with Gasteiger partial charge in [0.1, 0.15) is 0 Å². The van der Waals surface area contributed by atoms with Gasteiger partial charge in [0.15, 0.2) is 0 Å². The molecule has 1 aromatic rings. The van der Waals surface area contributed by atoms with Crippen LogP contribution in [0.3, 0.4) is 0 Å². The number of nitrogens with one attached hydrogen (secondary N) is 2. The van der Waals surface area contributed by atoms with E-state index in [1.165, 1.54) is 0 Å². The largest absolute Gasteiger partial charge is 0.481 e. The number of carboxylic acid groups (broad SMARTS) is 1. The molecule has 0 fully saturated rings. The second-order valence-corrected chi connectivity index (χ2v) is 4.99. The van der Waals surface area contributed by atoms with Crippen LogP contribution in [0, 0.1) is 0 Å². The molecule has 0 radical (unpaired) electrons. The highest BCUT2D eigenvalue weighted by Gasteiger charge is 2.25. The zero-order valence-electron chi connectivity index (χ0n) is 11.5. The van der Waals surface area contributed by atoms with Crippen LogP contribution in [-0.4, -0.2) is 34.7 Å². The maximum atomic E-state index is 11.3. The number of fused-ring (bicyclic) bond motifs is 1. The van der Waals surface area contributed by atoms with E-state index in [2.05, 4.69) is 17.2 Å². The van der Waals surface area contributed by atoms with Crippen molar-refractivity contribution >= 4 is 17.6 Å². The van der Waals surface area contributed by atoms with E-state index in [4.69, 9.17) is 5.11 Å². The van der Waals surface area contributed by atoms with Gasteiger partial charge in [-0.15, -0.1) is 6.58 Å². The molecule has 2 atom stereocenters. The first-order chi connectivity index (χ1) is 10.0. The normalized spacial score (nSPS) is 16.0. The van der Waals surface area contributed by atoms with Gasteiger partial charge in [0.05, 0.1) is 18.9 Å². The van der Waals surface area contributed by atoms with Gasteiger partial charge in [-0.05, 0) is 17.2 Å². The number of benzene rings is 1. The average Bonchev–Trinajstić information content (AvgIpc) is 2.81. The number of carbonyl (C=O) groups excluding carboxylic acids is 1. The summed E-state index contributed by atoms with van der Waals surface area (Å²) in [5.41, 5.74) is 2.15. The van der Waals surface area contributed by atoms with Crippen LogP contribution in [-0.2, 0) is 16.0 Å². The molecule has 4 N–H and O–H groups in total. The third-order valence-electron chi connectivity index (χ3n) is 3.40. The van der Waals surface area contributed by atoms with Crippen molar-refractivity contribution in [2.45, 2.75) is 25.0 Å². The molecular weight excluding hydrogens is 272 g/mol. The van der Waals surface area contributed by atoms with Crippen molar-refractivity contribution in [3.05, 3.63) is 42.0 Å². The molecule has 1 amide bonds. The van der Waals surface area contributed by atoms with Gasteiger partial charge in [0.25, 0.3) is 0 Å². The highest BCUT2D eigenvalue weighted by molar-refractivity contribution is 5.99. The number of carbonyl (C=O) groups is 2. The molecule has 2 unspecified atom stereocenters. The fourth-order valence-electron chi connectivity index (χ4n) is 2.38. The summed E-state index contributed by atoms with van der Waals surface area (Å²) >= 11 is 0. The van der Waals surface area contributed by atoms with Gasteiger partial charge in [0, 0.05) is 18.3 Å². The topological polar surface area (TPSA) is 98.7 Å². The van der Waals surface area contributed by atoms with Crippen LogP contribution in [0.25, 0.3) is 0 Å². The van der Waals surface area contributed by atoms with Gasteiger partial charge in [-0.3, -0.25) is 9.59 Å². The van der Waals surface area contributed by atoms with Crippen LogP contribution in [0.4, 0.5) is 5.69 Å². The number of carboxylic acids is 1. The van der Waals surface area contributed by atoms with Crippen LogP contribution in [0.15, 0.2) is 30.9 Å². The average molecular weight is 290 g/mol. The molecular formula is C15H18N2O4. The molecule has 21 heavy (non-hydrogen) atoms. The summed E-state index contributed by atoms with van der Waals surface area (Å²) in [6, 6.07) is 4.54. The number of aliphatic hydroxyl groups excluding tert-OH is 1. The smallest absolute Gasteiger partial charge is 0.305 e. The first kappa shape index (κ1) is 15.2. The van der Waals surface area contributed by atoms with Gasteiger partial charge in [-0.2, -0.15) is 0 Å². The lowest BCUT2D eigenvalue weighted by atomic mass is 9.97. The quantitative estimate of drug-likeness (QED) is 0.558. The molecule has 1 aliphatic rings. The Balaban J connectivity index is 2.17. The number of anilines is 1. The minimum atomic E-state index is -0.992. The number of aliphatic carboxylic acids is 1. The van der Waals surface area contributed by atoms with Crippen LogP contribution in [0.1, 0.15) is 23.7 Å². The number of amides is 1. The lowest BCUT2D eigenvalue weighted by Crippen LogP contribution is -2.37. The van der Waals surface area contributed by atoms with E-state index in [0.717, 1.165) is 11.3 Å². The van der Waals surface area contributed by atoms with Crippen molar-refractivity contribution < 1.29 is 19.8 Å². The molecule has 2 rings (SSSR count). The molecule has 0 saturated carbocycles. The molecule has 0 aliphatic carbocycles. The van der Waals surface area contributed by atoms with Crippen LogP contribution in [0.5, 0.6) is 0 Å². The van der Waals surface area contributed by atoms with Crippen molar-refractivity contribution in [3.63, 3.8) is 0 Å². The van der Waals surface area contributed by atoms with Crippen LogP contribution < -0.4 is 10.6 Å². The third kappa shape index (κ3) is 3.68. The van der Waals surface area contributed by atoms with Crippen LogP contribution >= 0.6 is 0 Å². The predicted octanol–water partition coefficient (Wildman–Crippen LogP) is 0.833. The second-order valence-electron chi connectivity index (χ2n) is 4.99. The Morgan fingerprint density at radius 2 is 2.29 bits per heavy atom. The van der Waals surface area contributed by atoms with Crippen molar-refractivity contribution in [2.75, 3.05) is 11.9 Å². The third-order valence-corrected chi connectivity index (χ3v) is 3.40. The fraction of sp³-hybridized carbons (Fsp3) is 0.333. The monoisotopic (exact) mass is 290 g/mol. The summed E-state index contributed by atoms with van der Waals surface area (Å²) in [7, 11) is 0. The first-order valence-corrected chi connectivity index (χ1v) is 6.68. The Morgan fingerprint density at radius 1 is 1.52 bits per heavy atom. The summed E-state index contributed by atoms with van der Waals surface area (Å²) in [4.78, 5) is 22.2. The summed E-state index contributed by atoms with van der Waals surface area (Å²) < 4.78 is 0. The molecule has 6 heteroatoms. The van der Waals surface area contributed by atoms with E-state index in [0.29, 0.717) is 12.1 Å². The van der Waals surface area contributed by atoms with E-state index < -0.39 is 18.1 Å². The molecule has 1 aliphatic heterocycles. The standard InChI is InChI=1S/C15H18N2O4/c1-2-5-16-12(8-14(19)20)15(21)9-3-4-11-10(6-9)7-13(18)17-11/h2-4,6,12,15-16,21H,1,5,7-8H2,(H,17,18)(H,19,20). The Labute approximate surface area is 122 Å². The highest BCUT2D eigenvalue weighted by atomic mass is 16.4. The van der Waals surface area contributed by atoms with E-state index in [9.17, 15) is 14.7 Å². The Hall–Kier alpha value is -2.18. The zero-order valence-corrected chi connectivity index (χ0v) is 11.5. The molecule has 1 heterocycles. The zero-order chi connectivity index (χ0) is 15.4. The summed E-state index contributed by atoms with van der Waals surface area (Å²) in [5, 5.41) is 25.0. The minimum absolute atomic E-state index is 0.0801. The maximum absolute atomic E-state index is 11.3. The lowest BCUT2D eigenvalue weighted by Gasteiger charge is -2.23. The summed E-state index contributed by atoms with van der Waals surface area (Å²) in [6.07, 6.45) is 0.706. The minimum Gasteiger partial charge on any atom is -0.481 e. The first-order valence-electron chi connectivity index (χ1n) is 6.68. The maximum Gasteiger partial charge on any atom is 0.305 e. The van der Waals surface area contributed by atoms with Crippen LogP contribution in [0.2, 0.25) is 0 Å². The Kier molecular flexibility index (Phi) is 4.72. The van der Waals surface area contributed by atoms with Gasteiger partial charge in [-0.1, -0.05) is 18.2 Å². The molecule has 0 spiro atoms. The highest BCUT2D eigenvalue weighted by Crippen LogP contribution is 2.28. The molecule has 1 aromatic carbocycles. The molecule has 0 bridgehead atoms. The second kappa shape index (κ2) is 6.51. The molecule has 6 nitrogen and oxygen atoms in total. The number of hydrogen-bond acceptors (Lipinski definition) is 4. The lowest BCUT2D eigenvalue weighted by molar-refractivity contribution is -0.138. The van der Waals surface area contributed by atoms with Crippen molar-refractivity contribution in [1.29, 1.82) is 0 Å². The number of rotatable bonds is 7. The number of aliphatic hydroxyl groups is 1. The van der Waals surface area contributed by atoms with E-state index in [1.54, 1.807) is 24.3 Å². The Bertz CT molecular complexity index is 571. The van der Waals surface area contributed by atoms with Crippen molar-refractivity contribution in [2.24, 2.45) is 0 Å². The van der Waals surface area contributed by atoms with Crippen molar-refractivity contribution in [3.8, 4) is 0 Å². The van der Waals surface area contributed by atoms with E-state index >= 15 is 0 Å². The van der Waals surface area contributed by atoms with E-state index in [1.807, 2.05) is 0 Å². The molecule has 0 aromatic heterocycles. The van der Waals surface area contributed by atoms with E-state index in [-0.39, 0.29) is 18.7 Å².